The molecular weight excluding hydrogens is 272 g/mol. The summed E-state index contributed by atoms with van der Waals surface area (Å²) >= 11 is 3.36. The number of carbonyl (C=O) groups excluding carboxylic acids is 1. The van der Waals surface area contributed by atoms with E-state index in [-0.39, 0.29) is 11.9 Å². The molecule has 0 saturated carbocycles. The van der Waals surface area contributed by atoms with Gasteiger partial charge in [-0.1, -0.05) is 22.0 Å². The molecule has 5 heteroatoms. The van der Waals surface area contributed by atoms with Crippen LogP contribution in [0.1, 0.15) is 0 Å². The van der Waals surface area contributed by atoms with E-state index in [2.05, 4.69) is 26.6 Å². The van der Waals surface area contributed by atoms with Gasteiger partial charge in [0.2, 0.25) is 5.91 Å². The number of halogens is 1. The summed E-state index contributed by atoms with van der Waals surface area (Å²) in [7, 11) is 0. The monoisotopic (exact) mass is 284 g/mol. The van der Waals surface area contributed by atoms with E-state index in [1.165, 1.54) is 0 Å². The van der Waals surface area contributed by atoms with Gasteiger partial charge in [-0.05, 0) is 18.2 Å². The molecule has 2 N–H and O–H groups in total. The van der Waals surface area contributed by atoms with Gasteiger partial charge in [0.1, 0.15) is 6.04 Å². The van der Waals surface area contributed by atoms with Crippen LogP contribution in [0.3, 0.4) is 0 Å². The molecule has 1 aliphatic rings. The van der Waals surface area contributed by atoms with Crippen LogP contribution in [0.25, 0.3) is 0 Å². The van der Waals surface area contributed by atoms with Crippen molar-refractivity contribution in [1.82, 2.24) is 5.32 Å². The molecule has 1 aromatic rings. The third-order valence-electron chi connectivity index (χ3n) is 2.33. The Morgan fingerprint density at radius 3 is 3.12 bits per heavy atom. The van der Waals surface area contributed by atoms with Crippen molar-refractivity contribution in [2.24, 2.45) is 0 Å². The lowest BCUT2D eigenvalue weighted by molar-refractivity contribution is -0.120. The second kappa shape index (κ2) is 5.43. The molecule has 1 saturated heterocycles. The van der Waals surface area contributed by atoms with Crippen molar-refractivity contribution in [3.63, 3.8) is 0 Å². The molecule has 1 aliphatic heterocycles. The Morgan fingerprint density at radius 2 is 2.44 bits per heavy atom. The summed E-state index contributed by atoms with van der Waals surface area (Å²) < 4.78 is 6.17. The maximum Gasteiger partial charge on any atom is 0.243 e. The summed E-state index contributed by atoms with van der Waals surface area (Å²) in [4.78, 5) is 11.8. The van der Waals surface area contributed by atoms with Gasteiger partial charge in [-0.15, -0.1) is 0 Å². The average Bonchev–Trinajstić information content (AvgIpc) is 2.30. The highest BCUT2D eigenvalue weighted by atomic mass is 79.9. The number of anilines is 1. The maximum atomic E-state index is 11.8. The summed E-state index contributed by atoms with van der Waals surface area (Å²) in [6.45, 7) is 1.82. The molecule has 0 radical (unpaired) electrons. The van der Waals surface area contributed by atoms with E-state index in [0.717, 1.165) is 16.7 Å². The second-order valence-electron chi connectivity index (χ2n) is 3.58. The number of amides is 1. The first-order chi connectivity index (χ1) is 7.75. The number of benzene rings is 1. The Labute approximate surface area is 102 Å². The van der Waals surface area contributed by atoms with Crippen LogP contribution in [0.15, 0.2) is 28.7 Å². The van der Waals surface area contributed by atoms with E-state index in [1.807, 2.05) is 24.3 Å². The molecular formula is C11H13BrN2O2. The van der Waals surface area contributed by atoms with Crippen LogP contribution in [0.4, 0.5) is 5.69 Å². The second-order valence-corrected chi connectivity index (χ2v) is 4.50. The van der Waals surface area contributed by atoms with E-state index in [1.54, 1.807) is 0 Å². The summed E-state index contributed by atoms with van der Waals surface area (Å²) in [5, 5.41) is 5.95. The molecule has 4 nitrogen and oxygen atoms in total. The molecule has 1 amide bonds. The van der Waals surface area contributed by atoms with Crippen molar-refractivity contribution < 1.29 is 9.53 Å². The Hall–Kier alpha value is -0.910. The van der Waals surface area contributed by atoms with Crippen molar-refractivity contribution in [3.05, 3.63) is 28.7 Å². The molecule has 0 spiro atoms. The number of nitrogens with one attached hydrogen (secondary N) is 2. The first kappa shape index (κ1) is 11.6. The van der Waals surface area contributed by atoms with Crippen LogP contribution >= 0.6 is 15.9 Å². The standard InChI is InChI=1S/C11H13BrN2O2/c12-8-2-1-3-9(6-8)14-11(15)10-7-16-5-4-13-10/h1-3,6,10,13H,4-5,7H2,(H,14,15). The summed E-state index contributed by atoms with van der Waals surface area (Å²) in [5.41, 5.74) is 0.784. The fourth-order valence-electron chi connectivity index (χ4n) is 1.53. The first-order valence-electron chi connectivity index (χ1n) is 5.13. The Kier molecular flexibility index (Phi) is 3.93. The summed E-state index contributed by atoms with van der Waals surface area (Å²) in [5.74, 6) is -0.0576. The van der Waals surface area contributed by atoms with E-state index >= 15 is 0 Å². The Balaban J connectivity index is 1.96. The SMILES string of the molecule is O=C(Nc1cccc(Br)c1)C1COCCN1. The fourth-order valence-corrected chi connectivity index (χ4v) is 1.93. The fraction of sp³-hybridized carbons (Fsp3) is 0.364. The van der Waals surface area contributed by atoms with Gasteiger partial charge in [-0.3, -0.25) is 4.79 Å². The number of hydrogen-bond acceptors (Lipinski definition) is 3. The Morgan fingerprint density at radius 1 is 1.56 bits per heavy atom. The van der Waals surface area contributed by atoms with Crippen molar-refractivity contribution in [2.75, 3.05) is 25.1 Å². The van der Waals surface area contributed by atoms with Crippen LogP contribution in [-0.2, 0) is 9.53 Å². The van der Waals surface area contributed by atoms with Gasteiger partial charge in [-0.25, -0.2) is 0 Å². The zero-order valence-electron chi connectivity index (χ0n) is 8.70. The van der Waals surface area contributed by atoms with Crippen LogP contribution in [0.2, 0.25) is 0 Å². The topological polar surface area (TPSA) is 50.4 Å². The molecule has 16 heavy (non-hydrogen) atoms. The molecule has 0 aromatic heterocycles. The molecule has 0 bridgehead atoms. The van der Waals surface area contributed by atoms with Crippen LogP contribution in [0, 0.1) is 0 Å². The average molecular weight is 285 g/mol. The van der Waals surface area contributed by atoms with Gasteiger partial charge in [0.25, 0.3) is 0 Å². The summed E-state index contributed by atoms with van der Waals surface area (Å²) in [6.07, 6.45) is 0. The number of ether oxygens (including phenoxy) is 1. The van der Waals surface area contributed by atoms with Crippen LogP contribution in [0.5, 0.6) is 0 Å². The quantitative estimate of drug-likeness (QED) is 0.863. The van der Waals surface area contributed by atoms with E-state index in [9.17, 15) is 4.79 Å². The van der Waals surface area contributed by atoms with Gasteiger partial charge in [-0.2, -0.15) is 0 Å². The highest BCUT2D eigenvalue weighted by Crippen LogP contribution is 2.15. The van der Waals surface area contributed by atoms with Crippen LogP contribution < -0.4 is 10.6 Å². The minimum atomic E-state index is -0.257. The number of carbonyl (C=O) groups is 1. The normalized spacial score (nSPS) is 20.4. The van der Waals surface area contributed by atoms with Crippen molar-refractivity contribution in [2.45, 2.75) is 6.04 Å². The third-order valence-corrected chi connectivity index (χ3v) is 2.82. The predicted molar refractivity (Wildman–Crippen MR) is 65.4 cm³/mol. The lowest BCUT2D eigenvalue weighted by atomic mass is 10.2. The van der Waals surface area contributed by atoms with E-state index in [0.29, 0.717) is 13.2 Å². The number of hydrogen-bond donors (Lipinski definition) is 2. The molecule has 1 unspecified atom stereocenters. The Bertz CT molecular complexity index is 378. The van der Waals surface area contributed by atoms with Gasteiger partial charge in [0.15, 0.2) is 0 Å². The molecule has 86 valence electrons. The molecule has 1 fully saturated rings. The number of morpholine rings is 1. The predicted octanol–water partition coefficient (Wildman–Crippen LogP) is 1.38. The first-order valence-corrected chi connectivity index (χ1v) is 5.92. The van der Waals surface area contributed by atoms with Crippen molar-refractivity contribution in [3.8, 4) is 0 Å². The highest BCUT2D eigenvalue weighted by molar-refractivity contribution is 9.10. The molecule has 0 aliphatic carbocycles. The molecule has 2 rings (SSSR count). The maximum absolute atomic E-state index is 11.8. The van der Waals surface area contributed by atoms with Gasteiger partial charge in [0, 0.05) is 16.7 Å². The van der Waals surface area contributed by atoms with Gasteiger partial charge < -0.3 is 15.4 Å². The lowest BCUT2D eigenvalue weighted by Gasteiger charge is -2.22. The van der Waals surface area contributed by atoms with Crippen molar-refractivity contribution >= 4 is 27.5 Å². The lowest BCUT2D eigenvalue weighted by Crippen LogP contribution is -2.48. The van der Waals surface area contributed by atoms with Crippen LogP contribution in [-0.4, -0.2) is 31.7 Å². The molecule has 1 aromatic carbocycles. The highest BCUT2D eigenvalue weighted by Gasteiger charge is 2.20. The number of rotatable bonds is 2. The molecule has 1 heterocycles. The minimum absolute atomic E-state index is 0.0576. The summed E-state index contributed by atoms with van der Waals surface area (Å²) in [6, 6.07) is 7.25. The zero-order valence-corrected chi connectivity index (χ0v) is 10.3. The third kappa shape index (κ3) is 3.04. The van der Waals surface area contributed by atoms with Gasteiger partial charge >= 0.3 is 0 Å². The van der Waals surface area contributed by atoms with Crippen molar-refractivity contribution in [1.29, 1.82) is 0 Å². The zero-order chi connectivity index (χ0) is 11.4. The van der Waals surface area contributed by atoms with E-state index in [4.69, 9.17) is 4.74 Å². The van der Waals surface area contributed by atoms with Gasteiger partial charge in [0.05, 0.1) is 13.2 Å². The largest absolute Gasteiger partial charge is 0.378 e. The minimum Gasteiger partial charge on any atom is -0.378 e. The smallest absolute Gasteiger partial charge is 0.243 e. The van der Waals surface area contributed by atoms with E-state index < -0.39 is 0 Å². The molecule has 1 atom stereocenters.